The molecule has 0 unspecified atom stereocenters. The summed E-state index contributed by atoms with van der Waals surface area (Å²) in [5.41, 5.74) is 1.39. The first kappa shape index (κ1) is 13.0. The van der Waals surface area contributed by atoms with Gasteiger partial charge in [0.2, 0.25) is 0 Å². The van der Waals surface area contributed by atoms with Gasteiger partial charge < -0.3 is 10.6 Å². The highest BCUT2D eigenvalue weighted by Crippen LogP contribution is 2.20. The number of para-hydroxylation sites is 1. The van der Waals surface area contributed by atoms with Crippen molar-refractivity contribution in [2.75, 3.05) is 11.9 Å². The van der Waals surface area contributed by atoms with E-state index < -0.39 is 0 Å². The minimum atomic E-state index is -0.334. The SMILES string of the molecule is CC(=O)CCNC(=O)Nc1cccc2cccnc12. The number of nitrogens with zero attached hydrogens (tertiary/aromatic N) is 1. The summed E-state index contributed by atoms with van der Waals surface area (Å²) in [7, 11) is 0. The lowest BCUT2D eigenvalue weighted by molar-refractivity contribution is -0.116. The molecule has 0 atom stereocenters. The van der Waals surface area contributed by atoms with Crippen LogP contribution >= 0.6 is 0 Å². The number of ketones is 1. The van der Waals surface area contributed by atoms with E-state index in [4.69, 9.17) is 0 Å². The molecule has 0 aliphatic heterocycles. The summed E-state index contributed by atoms with van der Waals surface area (Å²) in [6.45, 7) is 1.83. The zero-order chi connectivity index (χ0) is 13.7. The van der Waals surface area contributed by atoms with E-state index in [1.165, 1.54) is 6.92 Å². The third-order valence-electron chi connectivity index (χ3n) is 2.64. The van der Waals surface area contributed by atoms with Crippen LogP contribution in [0.3, 0.4) is 0 Å². The zero-order valence-corrected chi connectivity index (χ0v) is 10.6. The minimum absolute atomic E-state index is 0.0483. The fourth-order valence-corrected chi connectivity index (χ4v) is 1.72. The van der Waals surface area contributed by atoms with Gasteiger partial charge >= 0.3 is 6.03 Å². The van der Waals surface area contributed by atoms with Crippen molar-refractivity contribution in [2.45, 2.75) is 13.3 Å². The van der Waals surface area contributed by atoms with Crippen LogP contribution in [0.4, 0.5) is 10.5 Å². The second-order valence-electron chi connectivity index (χ2n) is 4.21. The van der Waals surface area contributed by atoms with Crippen molar-refractivity contribution in [1.82, 2.24) is 10.3 Å². The maximum atomic E-state index is 11.7. The smallest absolute Gasteiger partial charge is 0.319 e. The molecule has 0 fully saturated rings. The Morgan fingerprint density at radius 2 is 2.00 bits per heavy atom. The van der Waals surface area contributed by atoms with Gasteiger partial charge in [-0.2, -0.15) is 0 Å². The van der Waals surface area contributed by atoms with Crippen LogP contribution in [-0.4, -0.2) is 23.3 Å². The second-order valence-corrected chi connectivity index (χ2v) is 4.21. The van der Waals surface area contributed by atoms with Crippen molar-refractivity contribution in [3.05, 3.63) is 36.5 Å². The highest BCUT2D eigenvalue weighted by Gasteiger charge is 2.05. The van der Waals surface area contributed by atoms with Crippen LogP contribution in [0.15, 0.2) is 36.5 Å². The van der Waals surface area contributed by atoms with E-state index >= 15 is 0 Å². The van der Waals surface area contributed by atoms with Crippen LogP contribution < -0.4 is 10.6 Å². The lowest BCUT2D eigenvalue weighted by Crippen LogP contribution is -2.30. The third-order valence-corrected chi connectivity index (χ3v) is 2.64. The monoisotopic (exact) mass is 257 g/mol. The molecule has 0 radical (unpaired) electrons. The number of pyridine rings is 1. The average molecular weight is 257 g/mol. The van der Waals surface area contributed by atoms with E-state index in [2.05, 4.69) is 15.6 Å². The number of nitrogens with one attached hydrogen (secondary N) is 2. The highest BCUT2D eigenvalue weighted by atomic mass is 16.2. The van der Waals surface area contributed by atoms with Gasteiger partial charge in [-0.05, 0) is 19.1 Å². The van der Waals surface area contributed by atoms with Gasteiger partial charge in [0.05, 0.1) is 11.2 Å². The molecule has 0 bridgehead atoms. The Morgan fingerprint density at radius 1 is 1.21 bits per heavy atom. The molecule has 5 heteroatoms. The maximum absolute atomic E-state index is 11.7. The van der Waals surface area contributed by atoms with Crippen LogP contribution in [0.1, 0.15) is 13.3 Å². The number of aromatic nitrogens is 1. The maximum Gasteiger partial charge on any atom is 0.319 e. The lowest BCUT2D eigenvalue weighted by Gasteiger charge is -2.08. The van der Waals surface area contributed by atoms with Crippen LogP contribution in [-0.2, 0) is 4.79 Å². The predicted octanol–water partition coefficient (Wildman–Crippen LogP) is 2.34. The van der Waals surface area contributed by atoms with Crippen molar-refractivity contribution < 1.29 is 9.59 Å². The molecule has 2 amide bonds. The molecule has 2 aromatic rings. The molecule has 98 valence electrons. The molecule has 1 aromatic carbocycles. The number of hydrogen-bond acceptors (Lipinski definition) is 3. The standard InChI is InChI=1S/C14H15N3O2/c1-10(18)7-9-16-14(19)17-12-6-2-4-11-5-3-8-15-13(11)12/h2-6,8H,7,9H2,1H3,(H2,16,17,19). The molecular weight excluding hydrogens is 242 g/mol. The van der Waals surface area contributed by atoms with Gasteiger partial charge in [0.1, 0.15) is 5.78 Å². The van der Waals surface area contributed by atoms with Crippen molar-refractivity contribution in [2.24, 2.45) is 0 Å². The Kier molecular flexibility index (Phi) is 4.07. The van der Waals surface area contributed by atoms with Crippen LogP contribution in [0.25, 0.3) is 10.9 Å². The zero-order valence-electron chi connectivity index (χ0n) is 10.6. The van der Waals surface area contributed by atoms with Gasteiger partial charge in [-0.15, -0.1) is 0 Å². The second kappa shape index (κ2) is 5.95. The Morgan fingerprint density at radius 3 is 2.79 bits per heavy atom. The van der Waals surface area contributed by atoms with E-state index in [1.807, 2.05) is 24.3 Å². The number of urea groups is 1. The van der Waals surface area contributed by atoms with E-state index in [0.717, 1.165) is 10.9 Å². The van der Waals surface area contributed by atoms with Crippen molar-refractivity contribution in [1.29, 1.82) is 0 Å². The summed E-state index contributed by atoms with van der Waals surface area (Å²) in [6, 6.07) is 9.02. The average Bonchev–Trinajstić information content (AvgIpc) is 2.39. The van der Waals surface area contributed by atoms with Crippen LogP contribution in [0.2, 0.25) is 0 Å². The summed E-state index contributed by atoms with van der Waals surface area (Å²) in [4.78, 5) is 26.7. The number of rotatable bonds is 4. The Hall–Kier alpha value is -2.43. The summed E-state index contributed by atoms with van der Waals surface area (Å²) in [6.07, 6.45) is 2.02. The van der Waals surface area contributed by atoms with E-state index in [9.17, 15) is 9.59 Å². The minimum Gasteiger partial charge on any atom is -0.337 e. The topological polar surface area (TPSA) is 71.1 Å². The summed E-state index contributed by atoms with van der Waals surface area (Å²) in [5.74, 6) is 0.0483. The van der Waals surface area contributed by atoms with Gasteiger partial charge in [-0.3, -0.25) is 9.78 Å². The normalized spacial score (nSPS) is 10.2. The molecule has 5 nitrogen and oxygen atoms in total. The summed E-state index contributed by atoms with van der Waals surface area (Å²) >= 11 is 0. The van der Waals surface area contributed by atoms with Gasteiger partial charge in [0.25, 0.3) is 0 Å². The Labute approximate surface area is 111 Å². The first-order chi connectivity index (χ1) is 9.16. The molecule has 2 rings (SSSR count). The molecule has 0 saturated carbocycles. The fourth-order valence-electron chi connectivity index (χ4n) is 1.72. The third kappa shape index (κ3) is 3.51. The largest absolute Gasteiger partial charge is 0.337 e. The quantitative estimate of drug-likeness (QED) is 0.883. The highest BCUT2D eigenvalue weighted by molar-refractivity contribution is 5.99. The molecule has 1 heterocycles. The van der Waals surface area contributed by atoms with Crippen molar-refractivity contribution >= 4 is 28.4 Å². The Bertz CT molecular complexity index is 605. The number of carbonyl (C=O) groups excluding carboxylic acids is 2. The number of carbonyl (C=O) groups is 2. The van der Waals surface area contributed by atoms with E-state index in [1.54, 1.807) is 12.3 Å². The van der Waals surface area contributed by atoms with Crippen molar-refractivity contribution in [3.8, 4) is 0 Å². The number of benzene rings is 1. The van der Waals surface area contributed by atoms with E-state index in [-0.39, 0.29) is 11.8 Å². The first-order valence-corrected chi connectivity index (χ1v) is 6.05. The van der Waals surface area contributed by atoms with Crippen LogP contribution in [0.5, 0.6) is 0 Å². The van der Waals surface area contributed by atoms with E-state index in [0.29, 0.717) is 18.7 Å². The van der Waals surface area contributed by atoms with Gasteiger partial charge in [-0.25, -0.2) is 4.79 Å². The molecule has 0 aliphatic rings. The van der Waals surface area contributed by atoms with Gasteiger partial charge in [0, 0.05) is 24.5 Å². The lowest BCUT2D eigenvalue weighted by atomic mass is 10.2. The molecule has 0 saturated heterocycles. The Balaban J connectivity index is 2.05. The molecule has 19 heavy (non-hydrogen) atoms. The molecule has 0 aliphatic carbocycles. The molecule has 0 spiro atoms. The number of Topliss-reactive ketones (excluding diaryl/α,β-unsaturated/α-hetero) is 1. The van der Waals surface area contributed by atoms with Gasteiger partial charge in [-0.1, -0.05) is 18.2 Å². The molecule has 1 aromatic heterocycles. The number of hydrogen-bond donors (Lipinski definition) is 2. The fraction of sp³-hybridized carbons (Fsp3) is 0.214. The number of anilines is 1. The predicted molar refractivity (Wildman–Crippen MR) is 74.1 cm³/mol. The van der Waals surface area contributed by atoms with Gasteiger partial charge in [0.15, 0.2) is 0 Å². The summed E-state index contributed by atoms with van der Waals surface area (Å²) < 4.78 is 0. The van der Waals surface area contributed by atoms with Crippen molar-refractivity contribution in [3.63, 3.8) is 0 Å². The first-order valence-electron chi connectivity index (χ1n) is 6.05. The molecule has 2 N–H and O–H groups in total. The van der Waals surface area contributed by atoms with Crippen LogP contribution in [0, 0.1) is 0 Å². The number of amides is 2. The number of fused-ring (bicyclic) bond motifs is 1. The summed E-state index contributed by atoms with van der Waals surface area (Å²) in [5, 5.41) is 6.33. The molecular formula is C14H15N3O2.